The number of ether oxygens (including phenoxy) is 1. The Kier molecular flexibility index (Phi) is 6.87. The molecular formula is C21H26FN3O3S. The molecule has 3 atom stereocenters. The first-order valence-electron chi connectivity index (χ1n) is 9.64. The average Bonchev–Trinajstić information content (AvgIpc) is 3.20. The van der Waals surface area contributed by atoms with Crippen LogP contribution in [0.1, 0.15) is 36.0 Å². The van der Waals surface area contributed by atoms with Crippen molar-refractivity contribution < 1.29 is 18.7 Å². The number of hydrogen-bond acceptors (Lipinski definition) is 5. The fourth-order valence-corrected chi connectivity index (χ4v) is 4.00. The highest BCUT2D eigenvalue weighted by molar-refractivity contribution is 7.12. The lowest BCUT2D eigenvalue weighted by atomic mass is 10.1. The Morgan fingerprint density at radius 1 is 1.28 bits per heavy atom. The minimum atomic E-state index is -0.690. The SMILES string of the molecule is CC1CN(c2ccc(CNC(=O)C(C)NC(=O)c3cccs3)cc2F)CC(C)O1. The average molecular weight is 420 g/mol. The summed E-state index contributed by atoms with van der Waals surface area (Å²) >= 11 is 1.31. The van der Waals surface area contributed by atoms with Crippen LogP contribution in [-0.2, 0) is 16.1 Å². The van der Waals surface area contributed by atoms with E-state index in [1.54, 1.807) is 36.6 Å². The highest BCUT2D eigenvalue weighted by atomic mass is 32.1. The van der Waals surface area contributed by atoms with Crippen molar-refractivity contribution in [3.63, 3.8) is 0 Å². The zero-order chi connectivity index (χ0) is 21.0. The van der Waals surface area contributed by atoms with E-state index in [9.17, 15) is 14.0 Å². The lowest BCUT2D eigenvalue weighted by Gasteiger charge is -2.37. The van der Waals surface area contributed by atoms with Gasteiger partial charge in [0.2, 0.25) is 5.91 Å². The summed E-state index contributed by atoms with van der Waals surface area (Å²) in [5, 5.41) is 7.20. The van der Waals surface area contributed by atoms with E-state index in [-0.39, 0.29) is 36.4 Å². The molecule has 1 saturated heterocycles. The number of thiophene rings is 1. The number of hydrogen-bond donors (Lipinski definition) is 2. The van der Waals surface area contributed by atoms with Crippen molar-refractivity contribution in [2.24, 2.45) is 0 Å². The van der Waals surface area contributed by atoms with Crippen LogP contribution >= 0.6 is 11.3 Å². The summed E-state index contributed by atoms with van der Waals surface area (Å²) in [4.78, 5) is 26.8. The Bertz CT molecular complexity index is 849. The van der Waals surface area contributed by atoms with E-state index in [4.69, 9.17) is 4.74 Å². The van der Waals surface area contributed by atoms with Gasteiger partial charge in [0.1, 0.15) is 11.9 Å². The fraction of sp³-hybridized carbons (Fsp3) is 0.429. The lowest BCUT2D eigenvalue weighted by Crippen LogP contribution is -2.45. The molecule has 1 aromatic carbocycles. The standard InChI is InChI=1S/C21H26FN3O3S/c1-13-11-25(12-14(2)28-13)18-7-6-16(9-17(18)22)10-23-20(26)15(3)24-21(27)19-5-4-8-29-19/h4-9,13-15H,10-12H2,1-3H3,(H,23,26)(H,24,27). The molecule has 29 heavy (non-hydrogen) atoms. The molecule has 156 valence electrons. The number of carbonyl (C=O) groups excluding carboxylic acids is 2. The number of morpholine rings is 1. The molecule has 1 aromatic heterocycles. The first-order chi connectivity index (χ1) is 13.8. The Balaban J connectivity index is 1.54. The van der Waals surface area contributed by atoms with Gasteiger partial charge in [-0.2, -0.15) is 0 Å². The maximum Gasteiger partial charge on any atom is 0.261 e. The van der Waals surface area contributed by atoms with Crippen LogP contribution in [0, 0.1) is 5.82 Å². The van der Waals surface area contributed by atoms with Crippen molar-refractivity contribution in [3.05, 3.63) is 52.0 Å². The van der Waals surface area contributed by atoms with Crippen LogP contribution in [0.25, 0.3) is 0 Å². The van der Waals surface area contributed by atoms with Gasteiger partial charge >= 0.3 is 0 Å². The predicted molar refractivity (Wildman–Crippen MR) is 112 cm³/mol. The zero-order valence-corrected chi connectivity index (χ0v) is 17.6. The molecule has 8 heteroatoms. The van der Waals surface area contributed by atoms with Crippen LogP contribution in [-0.4, -0.2) is 43.2 Å². The summed E-state index contributed by atoms with van der Waals surface area (Å²) in [7, 11) is 0. The Hall–Kier alpha value is -2.45. The number of nitrogens with zero attached hydrogens (tertiary/aromatic N) is 1. The van der Waals surface area contributed by atoms with Crippen LogP contribution in [0.2, 0.25) is 0 Å². The highest BCUT2D eigenvalue weighted by Gasteiger charge is 2.24. The topological polar surface area (TPSA) is 70.7 Å². The third-order valence-corrected chi connectivity index (χ3v) is 5.59. The summed E-state index contributed by atoms with van der Waals surface area (Å²) in [5.74, 6) is -0.931. The molecule has 6 nitrogen and oxygen atoms in total. The molecule has 2 aromatic rings. The number of nitrogens with one attached hydrogen (secondary N) is 2. The maximum absolute atomic E-state index is 14.6. The maximum atomic E-state index is 14.6. The monoisotopic (exact) mass is 419 g/mol. The molecule has 0 bridgehead atoms. The molecule has 0 radical (unpaired) electrons. The van der Waals surface area contributed by atoms with Crippen LogP contribution in [0.4, 0.5) is 10.1 Å². The lowest BCUT2D eigenvalue weighted by molar-refractivity contribution is -0.122. The second-order valence-corrected chi connectivity index (χ2v) is 8.29. The van der Waals surface area contributed by atoms with Crippen LogP contribution in [0.3, 0.4) is 0 Å². The Morgan fingerprint density at radius 2 is 2.00 bits per heavy atom. The molecule has 1 aliphatic rings. The van der Waals surface area contributed by atoms with E-state index in [0.717, 1.165) is 0 Å². The van der Waals surface area contributed by atoms with E-state index in [1.165, 1.54) is 17.4 Å². The number of benzene rings is 1. The summed E-state index contributed by atoms with van der Waals surface area (Å²) in [5.41, 5.74) is 1.20. The third-order valence-electron chi connectivity index (χ3n) is 4.72. The first kappa shape index (κ1) is 21.3. The van der Waals surface area contributed by atoms with Gasteiger partial charge in [0, 0.05) is 19.6 Å². The van der Waals surface area contributed by atoms with Gasteiger partial charge in [-0.15, -0.1) is 11.3 Å². The quantitative estimate of drug-likeness (QED) is 0.755. The molecule has 2 heterocycles. The molecular weight excluding hydrogens is 393 g/mol. The normalized spacial score (nSPS) is 20.2. The summed E-state index contributed by atoms with van der Waals surface area (Å²) in [6.45, 7) is 7.03. The van der Waals surface area contributed by atoms with Crippen molar-refractivity contribution in [1.82, 2.24) is 10.6 Å². The fourth-order valence-electron chi connectivity index (χ4n) is 3.37. The van der Waals surface area contributed by atoms with E-state index < -0.39 is 6.04 Å². The predicted octanol–water partition coefficient (Wildman–Crippen LogP) is 2.94. The second-order valence-electron chi connectivity index (χ2n) is 7.34. The van der Waals surface area contributed by atoms with E-state index in [0.29, 0.717) is 29.2 Å². The zero-order valence-electron chi connectivity index (χ0n) is 16.8. The first-order valence-corrected chi connectivity index (χ1v) is 10.5. The molecule has 2 N–H and O–H groups in total. The van der Waals surface area contributed by atoms with Crippen molar-refractivity contribution in [2.75, 3.05) is 18.0 Å². The summed E-state index contributed by atoms with van der Waals surface area (Å²) in [6, 6.07) is 7.77. The van der Waals surface area contributed by atoms with Gasteiger partial charge in [-0.1, -0.05) is 12.1 Å². The largest absolute Gasteiger partial charge is 0.372 e. The highest BCUT2D eigenvalue weighted by Crippen LogP contribution is 2.24. The number of rotatable bonds is 6. The van der Waals surface area contributed by atoms with Crippen molar-refractivity contribution in [1.29, 1.82) is 0 Å². The van der Waals surface area contributed by atoms with Gasteiger partial charge in [-0.05, 0) is 49.9 Å². The van der Waals surface area contributed by atoms with Gasteiger partial charge in [0.05, 0.1) is 22.8 Å². The van der Waals surface area contributed by atoms with Crippen molar-refractivity contribution >= 4 is 28.8 Å². The van der Waals surface area contributed by atoms with Crippen LogP contribution in [0.5, 0.6) is 0 Å². The Morgan fingerprint density at radius 3 is 2.62 bits per heavy atom. The molecule has 1 fully saturated rings. The van der Waals surface area contributed by atoms with Gasteiger partial charge in [-0.25, -0.2) is 4.39 Å². The molecule has 0 aliphatic carbocycles. The number of carbonyl (C=O) groups is 2. The van der Waals surface area contributed by atoms with Gasteiger partial charge in [0.25, 0.3) is 5.91 Å². The van der Waals surface area contributed by atoms with Crippen molar-refractivity contribution in [3.8, 4) is 0 Å². The second kappa shape index (κ2) is 9.37. The van der Waals surface area contributed by atoms with Crippen LogP contribution in [0.15, 0.2) is 35.7 Å². The molecule has 0 spiro atoms. The van der Waals surface area contributed by atoms with E-state index in [2.05, 4.69) is 10.6 Å². The van der Waals surface area contributed by atoms with E-state index in [1.807, 2.05) is 18.7 Å². The minimum absolute atomic E-state index is 0.0444. The van der Waals surface area contributed by atoms with Gasteiger partial charge < -0.3 is 20.3 Å². The number of anilines is 1. The Labute approximate surface area is 174 Å². The minimum Gasteiger partial charge on any atom is -0.372 e. The number of halogens is 1. The molecule has 1 aliphatic heterocycles. The molecule has 3 rings (SSSR count). The van der Waals surface area contributed by atoms with Gasteiger partial charge in [-0.3, -0.25) is 9.59 Å². The van der Waals surface area contributed by atoms with E-state index >= 15 is 0 Å². The smallest absolute Gasteiger partial charge is 0.261 e. The summed E-state index contributed by atoms with van der Waals surface area (Å²) in [6.07, 6.45) is 0.0889. The van der Waals surface area contributed by atoms with Crippen LogP contribution < -0.4 is 15.5 Å². The van der Waals surface area contributed by atoms with Crippen molar-refractivity contribution in [2.45, 2.75) is 45.6 Å². The molecule has 2 amide bonds. The molecule has 3 unspecified atom stereocenters. The number of amides is 2. The summed E-state index contributed by atoms with van der Waals surface area (Å²) < 4.78 is 20.3. The third kappa shape index (κ3) is 5.55. The van der Waals surface area contributed by atoms with Gasteiger partial charge in [0.15, 0.2) is 0 Å². The molecule has 0 saturated carbocycles.